The van der Waals surface area contributed by atoms with E-state index in [-0.39, 0.29) is 11.9 Å². The molecule has 3 N–H and O–H groups in total. The molecule has 2 rings (SSSR count). The van der Waals surface area contributed by atoms with Crippen molar-refractivity contribution in [2.24, 2.45) is 7.05 Å². The second-order valence-corrected chi connectivity index (χ2v) is 6.13. The van der Waals surface area contributed by atoms with E-state index in [2.05, 4.69) is 17.3 Å². The molecule has 0 radical (unpaired) electrons. The molecule has 1 aliphatic carbocycles. The standard InChI is InChI=1S/C12H20N4OS/c1-3-18-10-6-4-5-9(10)14-12(17)11-8(13)7-16(2)15-11/h7,9-10H,3-6,13H2,1-2H3,(H,14,17). The first kappa shape index (κ1) is 13.3. The van der Waals surface area contributed by atoms with Crippen LogP contribution in [0, 0.1) is 0 Å². The first-order chi connectivity index (χ1) is 8.61. The highest BCUT2D eigenvalue weighted by atomic mass is 32.2. The van der Waals surface area contributed by atoms with Crippen LogP contribution < -0.4 is 11.1 Å². The Bertz CT molecular complexity index is 432. The lowest BCUT2D eigenvalue weighted by atomic mass is 10.2. The minimum atomic E-state index is -0.151. The number of thioether (sulfide) groups is 1. The van der Waals surface area contributed by atoms with Crippen LogP contribution in [0.2, 0.25) is 0 Å². The number of hydrogen-bond donors (Lipinski definition) is 2. The zero-order chi connectivity index (χ0) is 13.1. The number of aryl methyl sites for hydroxylation is 1. The Balaban J connectivity index is 2.00. The number of aromatic nitrogens is 2. The minimum Gasteiger partial charge on any atom is -0.396 e. The molecule has 2 atom stereocenters. The molecule has 1 aliphatic rings. The van der Waals surface area contributed by atoms with Crippen molar-refractivity contribution in [1.82, 2.24) is 15.1 Å². The lowest BCUT2D eigenvalue weighted by Crippen LogP contribution is -2.39. The number of nitrogens with one attached hydrogen (secondary N) is 1. The Hall–Kier alpha value is -1.17. The van der Waals surface area contributed by atoms with E-state index in [1.54, 1.807) is 17.9 Å². The molecule has 1 aromatic rings. The van der Waals surface area contributed by atoms with Crippen molar-refractivity contribution in [3.8, 4) is 0 Å². The van der Waals surface area contributed by atoms with Crippen molar-refractivity contribution >= 4 is 23.4 Å². The van der Waals surface area contributed by atoms with Crippen molar-refractivity contribution in [1.29, 1.82) is 0 Å². The number of amides is 1. The summed E-state index contributed by atoms with van der Waals surface area (Å²) in [6.45, 7) is 2.15. The second kappa shape index (κ2) is 5.65. The molecule has 2 unspecified atom stereocenters. The van der Waals surface area contributed by atoms with E-state index in [1.807, 2.05) is 11.8 Å². The number of carbonyl (C=O) groups is 1. The normalized spacial score (nSPS) is 23.2. The molecule has 1 heterocycles. The summed E-state index contributed by atoms with van der Waals surface area (Å²) in [5.41, 5.74) is 6.54. The molecule has 18 heavy (non-hydrogen) atoms. The number of rotatable bonds is 4. The molecular weight excluding hydrogens is 248 g/mol. The van der Waals surface area contributed by atoms with Gasteiger partial charge in [-0.1, -0.05) is 13.3 Å². The lowest BCUT2D eigenvalue weighted by molar-refractivity contribution is 0.0934. The fourth-order valence-corrected chi connectivity index (χ4v) is 3.62. The summed E-state index contributed by atoms with van der Waals surface area (Å²) in [5.74, 6) is 0.935. The van der Waals surface area contributed by atoms with Crippen LogP contribution in [0.5, 0.6) is 0 Å². The van der Waals surface area contributed by atoms with E-state index in [0.29, 0.717) is 16.6 Å². The average molecular weight is 268 g/mol. The van der Waals surface area contributed by atoms with Gasteiger partial charge in [0.1, 0.15) is 0 Å². The number of hydrogen-bond acceptors (Lipinski definition) is 4. The fourth-order valence-electron chi connectivity index (χ4n) is 2.42. The van der Waals surface area contributed by atoms with Gasteiger partial charge in [-0.3, -0.25) is 9.48 Å². The van der Waals surface area contributed by atoms with Gasteiger partial charge in [0, 0.05) is 24.5 Å². The summed E-state index contributed by atoms with van der Waals surface area (Å²) in [7, 11) is 1.76. The first-order valence-corrected chi connectivity index (χ1v) is 7.38. The van der Waals surface area contributed by atoms with Gasteiger partial charge in [-0.2, -0.15) is 16.9 Å². The minimum absolute atomic E-state index is 0.151. The molecule has 1 fully saturated rings. The maximum Gasteiger partial charge on any atom is 0.274 e. The Morgan fingerprint density at radius 3 is 3.06 bits per heavy atom. The topological polar surface area (TPSA) is 72.9 Å². The van der Waals surface area contributed by atoms with Crippen molar-refractivity contribution < 1.29 is 4.79 Å². The van der Waals surface area contributed by atoms with Gasteiger partial charge in [-0.15, -0.1) is 0 Å². The quantitative estimate of drug-likeness (QED) is 0.866. The molecule has 0 saturated heterocycles. The van der Waals surface area contributed by atoms with Gasteiger partial charge in [0.2, 0.25) is 0 Å². The van der Waals surface area contributed by atoms with Crippen LogP contribution in [0.25, 0.3) is 0 Å². The van der Waals surface area contributed by atoms with E-state index < -0.39 is 0 Å². The molecule has 6 heteroatoms. The highest BCUT2D eigenvalue weighted by Gasteiger charge is 2.29. The molecule has 0 bridgehead atoms. The molecule has 0 aromatic carbocycles. The van der Waals surface area contributed by atoms with Crippen molar-refractivity contribution in [3.05, 3.63) is 11.9 Å². The molecule has 0 spiro atoms. The molecule has 0 aliphatic heterocycles. The van der Waals surface area contributed by atoms with Crippen LogP contribution in [0.1, 0.15) is 36.7 Å². The Kier molecular flexibility index (Phi) is 4.16. The van der Waals surface area contributed by atoms with E-state index in [0.717, 1.165) is 12.2 Å². The largest absolute Gasteiger partial charge is 0.396 e. The van der Waals surface area contributed by atoms with Gasteiger partial charge in [-0.05, 0) is 18.6 Å². The van der Waals surface area contributed by atoms with Gasteiger partial charge < -0.3 is 11.1 Å². The van der Waals surface area contributed by atoms with Gasteiger partial charge in [0.15, 0.2) is 5.69 Å². The maximum absolute atomic E-state index is 12.1. The monoisotopic (exact) mass is 268 g/mol. The summed E-state index contributed by atoms with van der Waals surface area (Å²) in [4.78, 5) is 12.1. The predicted octanol–water partition coefficient (Wildman–Crippen LogP) is 1.41. The van der Waals surface area contributed by atoms with Gasteiger partial charge in [0.05, 0.1) is 5.69 Å². The smallest absolute Gasteiger partial charge is 0.274 e. The molecular formula is C12H20N4OS. The molecule has 5 nitrogen and oxygen atoms in total. The third-order valence-electron chi connectivity index (χ3n) is 3.22. The number of nitrogen functional groups attached to an aromatic ring is 1. The van der Waals surface area contributed by atoms with Crippen molar-refractivity contribution in [3.63, 3.8) is 0 Å². The number of carbonyl (C=O) groups excluding carboxylic acids is 1. The van der Waals surface area contributed by atoms with Crippen LogP contribution in [0.15, 0.2) is 6.20 Å². The van der Waals surface area contributed by atoms with Crippen LogP contribution >= 0.6 is 11.8 Å². The average Bonchev–Trinajstić information content (AvgIpc) is 2.87. The fraction of sp³-hybridized carbons (Fsp3) is 0.667. The van der Waals surface area contributed by atoms with E-state index in [1.165, 1.54) is 12.8 Å². The summed E-state index contributed by atoms with van der Waals surface area (Å²) in [5, 5.41) is 7.70. The van der Waals surface area contributed by atoms with Gasteiger partial charge >= 0.3 is 0 Å². The zero-order valence-electron chi connectivity index (χ0n) is 10.8. The van der Waals surface area contributed by atoms with Gasteiger partial charge in [-0.25, -0.2) is 0 Å². The predicted molar refractivity (Wildman–Crippen MR) is 74.6 cm³/mol. The number of anilines is 1. The van der Waals surface area contributed by atoms with Crippen molar-refractivity contribution in [2.45, 2.75) is 37.5 Å². The Morgan fingerprint density at radius 2 is 2.44 bits per heavy atom. The highest BCUT2D eigenvalue weighted by Crippen LogP contribution is 2.30. The zero-order valence-corrected chi connectivity index (χ0v) is 11.7. The van der Waals surface area contributed by atoms with E-state index in [9.17, 15) is 4.79 Å². The number of nitrogens with two attached hydrogens (primary N) is 1. The SMILES string of the molecule is CCSC1CCCC1NC(=O)c1nn(C)cc1N. The summed E-state index contributed by atoms with van der Waals surface area (Å²) >= 11 is 1.92. The Labute approximate surface area is 111 Å². The Morgan fingerprint density at radius 1 is 1.67 bits per heavy atom. The first-order valence-electron chi connectivity index (χ1n) is 6.33. The summed E-state index contributed by atoms with van der Waals surface area (Å²) in [6.07, 6.45) is 5.07. The van der Waals surface area contributed by atoms with E-state index in [4.69, 9.17) is 5.73 Å². The molecule has 1 saturated carbocycles. The van der Waals surface area contributed by atoms with Crippen LogP contribution in [0.4, 0.5) is 5.69 Å². The molecule has 1 aromatic heterocycles. The highest BCUT2D eigenvalue weighted by molar-refractivity contribution is 7.99. The summed E-state index contributed by atoms with van der Waals surface area (Å²) in [6, 6.07) is 0.254. The van der Waals surface area contributed by atoms with E-state index >= 15 is 0 Å². The summed E-state index contributed by atoms with van der Waals surface area (Å²) < 4.78 is 1.57. The number of nitrogens with zero attached hydrogens (tertiary/aromatic N) is 2. The molecule has 1 amide bonds. The van der Waals surface area contributed by atoms with Crippen LogP contribution in [-0.2, 0) is 7.05 Å². The van der Waals surface area contributed by atoms with Crippen molar-refractivity contribution in [2.75, 3.05) is 11.5 Å². The third kappa shape index (κ3) is 2.80. The maximum atomic E-state index is 12.1. The third-order valence-corrected chi connectivity index (χ3v) is 4.55. The van der Waals surface area contributed by atoms with Crippen LogP contribution in [-0.4, -0.2) is 32.7 Å². The second-order valence-electron chi connectivity index (χ2n) is 4.61. The van der Waals surface area contributed by atoms with Gasteiger partial charge in [0.25, 0.3) is 5.91 Å². The van der Waals surface area contributed by atoms with Crippen LogP contribution in [0.3, 0.4) is 0 Å². The lowest BCUT2D eigenvalue weighted by Gasteiger charge is -2.19. The molecule has 100 valence electrons.